The lowest BCUT2D eigenvalue weighted by molar-refractivity contribution is -0.132. The predicted molar refractivity (Wildman–Crippen MR) is 147 cm³/mol. The normalized spacial score (nSPS) is 16.9. The van der Waals surface area contributed by atoms with Gasteiger partial charge in [-0.2, -0.15) is 0 Å². The van der Waals surface area contributed by atoms with Gasteiger partial charge in [-0.3, -0.25) is 14.5 Å². The fraction of sp³-hybridized carbons (Fsp3) is 0.207. The van der Waals surface area contributed by atoms with Crippen LogP contribution in [0, 0.1) is 5.82 Å². The monoisotopic (exact) mass is 550 g/mol. The van der Waals surface area contributed by atoms with Crippen LogP contribution in [0.3, 0.4) is 0 Å². The van der Waals surface area contributed by atoms with E-state index in [0.717, 1.165) is 30.6 Å². The number of ether oxygens (including phenoxy) is 1. The van der Waals surface area contributed by atoms with Crippen molar-refractivity contribution < 1.29 is 23.8 Å². The number of halogens is 2. The molecular weight excluding hydrogens is 527 g/mol. The van der Waals surface area contributed by atoms with Crippen molar-refractivity contribution in [2.45, 2.75) is 32.2 Å². The number of amides is 1. The van der Waals surface area contributed by atoms with Gasteiger partial charge in [0.05, 0.1) is 28.4 Å². The molecule has 2 heterocycles. The second-order valence-electron chi connectivity index (χ2n) is 8.91. The lowest BCUT2D eigenvalue weighted by Crippen LogP contribution is -2.29. The Balaban J connectivity index is 1.60. The summed E-state index contributed by atoms with van der Waals surface area (Å²) in [5.41, 5.74) is 1.37. The van der Waals surface area contributed by atoms with Gasteiger partial charge >= 0.3 is 5.91 Å². The van der Waals surface area contributed by atoms with E-state index in [2.05, 4.69) is 11.9 Å². The van der Waals surface area contributed by atoms with E-state index >= 15 is 0 Å². The lowest BCUT2D eigenvalue weighted by Gasteiger charge is -2.23. The minimum atomic E-state index is -0.953. The van der Waals surface area contributed by atoms with E-state index in [4.69, 9.17) is 16.3 Å². The number of rotatable bonds is 8. The standard InChI is InChI=1S/C29H24ClFN2O4S/c1-2-3-4-15-37-21-12-7-17(8-13-21)25-24(26(34)18-5-9-19(30)10-6-18)27(35)28(36)33(25)29-32-22-14-11-20(31)16-23(22)38-29/h5-14,16,25,34H,2-4,15H2,1H3. The Morgan fingerprint density at radius 1 is 1.08 bits per heavy atom. The molecule has 6 nitrogen and oxygen atoms in total. The van der Waals surface area contributed by atoms with Crippen LogP contribution in [0.15, 0.2) is 72.3 Å². The Bertz CT molecular complexity index is 1530. The molecule has 5 rings (SSSR count). The summed E-state index contributed by atoms with van der Waals surface area (Å²) in [6, 6.07) is 16.6. The average molecular weight is 551 g/mol. The molecule has 0 bridgehead atoms. The van der Waals surface area contributed by atoms with Gasteiger partial charge in [0.1, 0.15) is 17.3 Å². The second-order valence-corrected chi connectivity index (χ2v) is 10.4. The Hall–Kier alpha value is -3.75. The van der Waals surface area contributed by atoms with Crippen LogP contribution >= 0.6 is 22.9 Å². The van der Waals surface area contributed by atoms with Gasteiger partial charge in [-0.05, 0) is 66.6 Å². The molecule has 3 aromatic carbocycles. The zero-order chi connectivity index (χ0) is 26.8. The summed E-state index contributed by atoms with van der Waals surface area (Å²) in [6.07, 6.45) is 3.10. The van der Waals surface area contributed by atoms with Gasteiger partial charge in [0.2, 0.25) is 0 Å². The smallest absolute Gasteiger partial charge is 0.301 e. The quantitative estimate of drug-likeness (QED) is 0.108. The van der Waals surface area contributed by atoms with E-state index in [1.54, 1.807) is 48.5 Å². The molecule has 0 aliphatic carbocycles. The van der Waals surface area contributed by atoms with Gasteiger partial charge in [-0.25, -0.2) is 9.37 Å². The summed E-state index contributed by atoms with van der Waals surface area (Å²) in [6.45, 7) is 2.71. The molecule has 194 valence electrons. The maximum Gasteiger partial charge on any atom is 0.301 e. The van der Waals surface area contributed by atoms with Gasteiger partial charge in [-0.15, -0.1) is 0 Å². The molecule has 1 aliphatic rings. The first-order chi connectivity index (χ1) is 18.4. The highest BCUT2D eigenvalue weighted by atomic mass is 35.5. The number of anilines is 1. The first-order valence-corrected chi connectivity index (χ1v) is 13.4. The number of aliphatic hydroxyl groups excluding tert-OH is 1. The van der Waals surface area contributed by atoms with Crippen molar-refractivity contribution in [2.75, 3.05) is 11.5 Å². The molecular formula is C29H24ClFN2O4S. The molecule has 4 aromatic rings. The fourth-order valence-corrected chi connectivity index (χ4v) is 5.53. The van der Waals surface area contributed by atoms with Crippen LogP contribution in [0.2, 0.25) is 5.02 Å². The molecule has 9 heteroatoms. The molecule has 0 radical (unpaired) electrons. The van der Waals surface area contributed by atoms with Crippen molar-refractivity contribution >= 4 is 55.7 Å². The molecule has 0 spiro atoms. The molecule has 1 aromatic heterocycles. The Morgan fingerprint density at radius 2 is 1.82 bits per heavy atom. The van der Waals surface area contributed by atoms with Crippen molar-refractivity contribution in [2.24, 2.45) is 0 Å². The van der Waals surface area contributed by atoms with Crippen LogP contribution in [-0.4, -0.2) is 28.4 Å². The summed E-state index contributed by atoms with van der Waals surface area (Å²) >= 11 is 7.10. The van der Waals surface area contributed by atoms with E-state index in [-0.39, 0.29) is 16.5 Å². The summed E-state index contributed by atoms with van der Waals surface area (Å²) in [5, 5.41) is 11.9. The van der Waals surface area contributed by atoms with Gasteiger partial charge in [0.25, 0.3) is 5.78 Å². The molecule has 38 heavy (non-hydrogen) atoms. The van der Waals surface area contributed by atoms with Crippen molar-refractivity contribution in [1.29, 1.82) is 0 Å². The lowest BCUT2D eigenvalue weighted by atomic mass is 9.95. The number of aromatic nitrogens is 1. The summed E-state index contributed by atoms with van der Waals surface area (Å²) in [4.78, 5) is 32.5. The number of hydrogen-bond acceptors (Lipinski definition) is 6. The van der Waals surface area contributed by atoms with Crippen LogP contribution in [0.25, 0.3) is 16.0 Å². The number of benzene rings is 3. The van der Waals surface area contributed by atoms with Crippen molar-refractivity contribution in [3.8, 4) is 5.75 Å². The Labute approximate surface area is 228 Å². The number of nitrogens with zero attached hydrogens (tertiary/aromatic N) is 2. The number of unbranched alkanes of at least 4 members (excludes halogenated alkanes) is 2. The third-order valence-corrected chi connectivity index (χ3v) is 7.59. The van der Waals surface area contributed by atoms with Crippen molar-refractivity contribution in [3.05, 3.63) is 94.3 Å². The van der Waals surface area contributed by atoms with Crippen LogP contribution in [0.1, 0.15) is 43.4 Å². The highest BCUT2D eigenvalue weighted by molar-refractivity contribution is 7.22. The highest BCUT2D eigenvalue weighted by Crippen LogP contribution is 2.44. The fourth-order valence-electron chi connectivity index (χ4n) is 4.39. The number of carbonyl (C=O) groups is 2. The first kappa shape index (κ1) is 25.9. The van der Waals surface area contributed by atoms with Gasteiger partial charge < -0.3 is 9.84 Å². The Morgan fingerprint density at radius 3 is 2.53 bits per heavy atom. The zero-order valence-electron chi connectivity index (χ0n) is 20.5. The van der Waals surface area contributed by atoms with Crippen LogP contribution in [0.5, 0.6) is 5.75 Å². The number of aliphatic hydroxyl groups is 1. The summed E-state index contributed by atoms with van der Waals surface area (Å²) in [5.74, 6) is -1.75. The summed E-state index contributed by atoms with van der Waals surface area (Å²) in [7, 11) is 0. The second kappa shape index (κ2) is 10.9. The number of Topliss-reactive ketones (excluding diaryl/α,β-unsaturated/α-hetero) is 1. The largest absolute Gasteiger partial charge is 0.507 e. The molecule has 0 saturated carbocycles. The van der Waals surface area contributed by atoms with Crippen LogP contribution in [0.4, 0.5) is 9.52 Å². The molecule has 1 N–H and O–H groups in total. The maximum absolute atomic E-state index is 13.8. The van der Waals surface area contributed by atoms with Crippen LogP contribution < -0.4 is 9.64 Å². The number of thiazole rings is 1. The van der Waals surface area contributed by atoms with Gasteiger partial charge in [-0.1, -0.05) is 54.8 Å². The molecule has 1 fully saturated rings. The minimum absolute atomic E-state index is 0.0700. The number of hydrogen-bond donors (Lipinski definition) is 1. The van der Waals surface area contributed by atoms with Gasteiger partial charge in [0.15, 0.2) is 5.13 Å². The number of fused-ring (bicyclic) bond motifs is 1. The van der Waals surface area contributed by atoms with E-state index in [1.807, 2.05) is 0 Å². The minimum Gasteiger partial charge on any atom is -0.507 e. The predicted octanol–water partition coefficient (Wildman–Crippen LogP) is 7.28. The van der Waals surface area contributed by atoms with Crippen molar-refractivity contribution in [1.82, 2.24) is 4.98 Å². The Kier molecular flexibility index (Phi) is 7.44. The topological polar surface area (TPSA) is 79.7 Å². The van der Waals surface area contributed by atoms with Gasteiger partial charge in [0, 0.05) is 10.6 Å². The average Bonchev–Trinajstić information content (AvgIpc) is 3.44. The van der Waals surface area contributed by atoms with E-state index < -0.39 is 23.5 Å². The van der Waals surface area contributed by atoms with E-state index in [0.29, 0.717) is 38.7 Å². The van der Waals surface area contributed by atoms with Crippen molar-refractivity contribution in [3.63, 3.8) is 0 Å². The summed E-state index contributed by atoms with van der Waals surface area (Å²) < 4.78 is 20.2. The SMILES string of the molecule is CCCCCOc1ccc(C2C(=C(O)c3ccc(Cl)cc3)C(=O)C(=O)N2c2nc3ccc(F)cc3s2)cc1. The third kappa shape index (κ3) is 5.01. The third-order valence-electron chi connectivity index (χ3n) is 6.32. The first-order valence-electron chi connectivity index (χ1n) is 12.2. The maximum atomic E-state index is 13.8. The molecule has 1 atom stereocenters. The highest BCUT2D eigenvalue weighted by Gasteiger charge is 2.48. The zero-order valence-corrected chi connectivity index (χ0v) is 22.1. The number of ketones is 1. The van der Waals surface area contributed by atoms with E-state index in [9.17, 15) is 19.1 Å². The molecule has 1 aliphatic heterocycles. The molecule has 1 saturated heterocycles. The molecule has 1 unspecified atom stereocenters. The van der Waals surface area contributed by atoms with Crippen LogP contribution in [-0.2, 0) is 9.59 Å². The van der Waals surface area contributed by atoms with E-state index in [1.165, 1.54) is 23.1 Å². The number of carbonyl (C=O) groups excluding carboxylic acids is 2. The molecule has 1 amide bonds.